The summed E-state index contributed by atoms with van der Waals surface area (Å²) in [6.45, 7) is 11.2. The molecular formula is C49H61N6O13PSi. The fourth-order valence-electron chi connectivity index (χ4n) is 8.24. The lowest BCUT2D eigenvalue weighted by molar-refractivity contribution is -0.0925. The standard InChI is InChI=1S/C49H61N6O13PSi/c1-32-29-55(47(59)52-45(32)57)44-27-38(41(66-44)31-63-49(33-13-10-9-11-14-33,34-15-19-36(61-5)20-16-34)35-17-21-37(62-6)22-18-35)67-69(60,64-26-12-24-50)53-42-23-25-54(46(58)51-42)43-28-39(40(30-56)65-43)68-70(7,8)48(2,3)4/h9-11,13-23,25,29,38-41,43-44,56H,12,26-28,30-31H2,1-8H3,(H,52,57,59)(H,51,53,58,60)/t38-,39-,40+,41+,43+,44+,69?/m0/s1. The Balaban J connectivity index is 1.23. The maximum absolute atomic E-state index is 15.0. The van der Waals surface area contributed by atoms with E-state index in [0.717, 1.165) is 5.56 Å². The van der Waals surface area contributed by atoms with Crippen LogP contribution in [0.4, 0.5) is 5.82 Å². The van der Waals surface area contributed by atoms with E-state index in [0.29, 0.717) is 22.6 Å². The van der Waals surface area contributed by atoms with Crippen LogP contribution in [0.1, 0.15) is 74.7 Å². The van der Waals surface area contributed by atoms with Gasteiger partial charge in [0.15, 0.2) is 8.32 Å². The van der Waals surface area contributed by atoms with Gasteiger partial charge in [-0.05, 0) is 72.1 Å². The van der Waals surface area contributed by atoms with Crippen molar-refractivity contribution in [3.8, 4) is 17.6 Å². The average Bonchev–Trinajstić information content (AvgIpc) is 3.93. The van der Waals surface area contributed by atoms with Crippen LogP contribution in [0.3, 0.4) is 0 Å². The van der Waals surface area contributed by atoms with Gasteiger partial charge in [0, 0.05) is 30.8 Å². The Morgan fingerprint density at radius 3 is 2.03 bits per heavy atom. The van der Waals surface area contributed by atoms with E-state index in [4.69, 9.17) is 37.2 Å². The predicted octanol–water partition coefficient (Wildman–Crippen LogP) is 6.92. The Kier molecular flexibility index (Phi) is 16.2. The normalized spacial score (nSPS) is 21.5. The first-order valence-corrected chi connectivity index (χ1v) is 27.4. The highest BCUT2D eigenvalue weighted by Crippen LogP contribution is 2.52. The molecule has 2 aliphatic rings. The smallest absolute Gasteiger partial charge is 0.434 e. The van der Waals surface area contributed by atoms with Crippen LogP contribution in [0.2, 0.25) is 18.1 Å². The number of aromatic amines is 1. The third kappa shape index (κ3) is 11.4. The molecule has 2 aromatic heterocycles. The number of aromatic nitrogens is 4. The number of ether oxygens (including phenoxy) is 5. The average molecular weight is 1000 g/mol. The van der Waals surface area contributed by atoms with Crippen LogP contribution in [0.25, 0.3) is 0 Å². The second-order valence-corrected chi connectivity index (χ2v) is 25.1. The van der Waals surface area contributed by atoms with Crippen LogP contribution < -0.4 is 31.5 Å². The molecule has 1 unspecified atom stereocenters. The van der Waals surface area contributed by atoms with Gasteiger partial charge in [0.2, 0.25) is 0 Å². The summed E-state index contributed by atoms with van der Waals surface area (Å²) < 4.78 is 67.2. The van der Waals surface area contributed by atoms with Gasteiger partial charge in [-0.15, -0.1) is 0 Å². The van der Waals surface area contributed by atoms with Crippen molar-refractivity contribution in [3.63, 3.8) is 0 Å². The molecule has 5 aromatic rings. The lowest BCUT2D eigenvalue weighted by Gasteiger charge is -2.39. The molecule has 0 bridgehead atoms. The molecule has 0 amide bonds. The highest BCUT2D eigenvalue weighted by molar-refractivity contribution is 7.55. The fraction of sp³-hybridized carbons (Fsp3) is 0.449. The minimum absolute atomic E-state index is 0.103. The Morgan fingerprint density at radius 1 is 0.871 bits per heavy atom. The SMILES string of the molecule is COc1ccc(C(OC[C@H]2O[C@@H](n3cc(C)c(=O)[nH]c3=O)C[C@@H]2OP(=O)(Nc2ccn([C@H]3C[C@H](O[Si](C)(C)C(C)(C)C)[C@@H](CO)O3)c(=O)n2)OCCC#N)(c2ccccc2)c2ccc(OC)cc2)cc1. The number of anilines is 1. The van der Waals surface area contributed by atoms with E-state index in [-0.39, 0.29) is 55.5 Å². The van der Waals surface area contributed by atoms with Gasteiger partial charge in [-0.25, -0.2) is 14.2 Å². The van der Waals surface area contributed by atoms with E-state index >= 15 is 4.57 Å². The van der Waals surface area contributed by atoms with Gasteiger partial charge in [0.1, 0.15) is 53.7 Å². The first kappa shape index (κ1) is 52.1. The van der Waals surface area contributed by atoms with Crippen molar-refractivity contribution >= 4 is 21.9 Å². The van der Waals surface area contributed by atoms with Gasteiger partial charge >= 0.3 is 19.1 Å². The first-order valence-electron chi connectivity index (χ1n) is 22.9. The summed E-state index contributed by atoms with van der Waals surface area (Å²) >= 11 is 0. The van der Waals surface area contributed by atoms with Crippen molar-refractivity contribution in [1.29, 1.82) is 5.26 Å². The molecule has 19 nitrogen and oxygen atoms in total. The minimum Gasteiger partial charge on any atom is -0.497 e. The molecule has 0 saturated carbocycles. The molecule has 3 N–H and O–H groups in total. The number of nitriles is 1. The molecule has 70 heavy (non-hydrogen) atoms. The van der Waals surface area contributed by atoms with Crippen molar-refractivity contribution in [1.82, 2.24) is 19.1 Å². The fourth-order valence-corrected chi connectivity index (χ4v) is 11.1. The van der Waals surface area contributed by atoms with Crippen LogP contribution in [-0.4, -0.2) is 91.0 Å². The molecular weight excluding hydrogens is 940 g/mol. The molecule has 374 valence electrons. The van der Waals surface area contributed by atoms with E-state index in [1.807, 2.05) is 84.9 Å². The lowest BCUT2D eigenvalue weighted by atomic mass is 9.80. The van der Waals surface area contributed by atoms with Crippen molar-refractivity contribution in [2.75, 3.05) is 39.1 Å². The quantitative estimate of drug-likeness (QED) is 0.0310. The Labute approximate surface area is 406 Å². The Bertz CT molecular complexity index is 2800. The summed E-state index contributed by atoms with van der Waals surface area (Å²) in [6.07, 6.45) is -2.49. The van der Waals surface area contributed by atoms with E-state index in [1.165, 1.54) is 27.6 Å². The number of hydrogen-bond donors (Lipinski definition) is 3. The van der Waals surface area contributed by atoms with Gasteiger partial charge in [-0.3, -0.25) is 33.0 Å². The number of aliphatic hydroxyl groups is 1. The topological polar surface area (TPSA) is 237 Å². The lowest BCUT2D eigenvalue weighted by Crippen LogP contribution is -2.46. The summed E-state index contributed by atoms with van der Waals surface area (Å²) in [4.78, 5) is 46.0. The van der Waals surface area contributed by atoms with Crippen LogP contribution in [0, 0.1) is 18.3 Å². The summed E-state index contributed by atoms with van der Waals surface area (Å²) in [5.74, 6) is 1.06. The maximum atomic E-state index is 15.0. The van der Waals surface area contributed by atoms with Gasteiger partial charge < -0.3 is 33.2 Å². The van der Waals surface area contributed by atoms with Crippen LogP contribution >= 0.6 is 7.75 Å². The molecule has 0 radical (unpaired) electrons. The number of nitrogens with one attached hydrogen (secondary N) is 2. The summed E-state index contributed by atoms with van der Waals surface area (Å²) in [7, 11) is -3.72. The number of nitrogens with zero attached hydrogens (tertiary/aromatic N) is 4. The maximum Gasteiger partial charge on any atom is 0.434 e. The van der Waals surface area contributed by atoms with Gasteiger partial charge in [-0.1, -0.05) is 75.4 Å². The number of methoxy groups -OCH3 is 2. The number of aliphatic hydroxyl groups excluding tert-OH is 1. The summed E-state index contributed by atoms with van der Waals surface area (Å²) in [5.41, 5.74) is -0.998. The van der Waals surface area contributed by atoms with E-state index in [1.54, 1.807) is 21.1 Å². The number of hydrogen-bond acceptors (Lipinski definition) is 15. The molecule has 4 heterocycles. The molecule has 2 aliphatic heterocycles. The third-order valence-corrected chi connectivity index (χ3v) is 19.1. The zero-order chi connectivity index (χ0) is 50.4. The third-order valence-electron chi connectivity index (χ3n) is 13.0. The second-order valence-electron chi connectivity index (χ2n) is 18.6. The summed E-state index contributed by atoms with van der Waals surface area (Å²) in [5, 5.41) is 22.2. The Hall–Kier alpha value is -5.72. The first-order chi connectivity index (χ1) is 33.3. The van der Waals surface area contributed by atoms with E-state index in [9.17, 15) is 24.8 Å². The van der Waals surface area contributed by atoms with Crippen LogP contribution in [0.5, 0.6) is 11.5 Å². The van der Waals surface area contributed by atoms with Crippen molar-refractivity contribution in [2.24, 2.45) is 0 Å². The highest BCUT2D eigenvalue weighted by atomic mass is 31.2. The number of benzene rings is 3. The van der Waals surface area contributed by atoms with Gasteiger partial charge in [-0.2, -0.15) is 10.2 Å². The largest absolute Gasteiger partial charge is 0.497 e. The van der Waals surface area contributed by atoms with E-state index < -0.39 is 75.5 Å². The zero-order valence-electron chi connectivity index (χ0n) is 40.5. The van der Waals surface area contributed by atoms with E-state index in [2.05, 4.69) is 48.9 Å². The molecule has 7 atom stereocenters. The molecule has 2 fully saturated rings. The van der Waals surface area contributed by atoms with Gasteiger partial charge in [0.05, 0.1) is 52.6 Å². The zero-order valence-corrected chi connectivity index (χ0v) is 42.4. The number of rotatable bonds is 20. The van der Waals surface area contributed by atoms with Crippen molar-refractivity contribution in [2.45, 2.75) is 108 Å². The number of aryl methyl sites for hydroxylation is 1. The molecule has 0 aliphatic carbocycles. The molecule has 21 heteroatoms. The van der Waals surface area contributed by atoms with Crippen molar-refractivity contribution in [3.05, 3.63) is 151 Å². The minimum atomic E-state index is -4.59. The highest BCUT2D eigenvalue weighted by Gasteiger charge is 2.47. The Morgan fingerprint density at radius 2 is 1.46 bits per heavy atom. The van der Waals surface area contributed by atoms with Crippen LogP contribution in [-0.2, 0) is 37.9 Å². The van der Waals surface area contributed by atoms with Crippen molar-refractivity contribution < 1.29 is 46.8 Å². The van der Waals surface area contributed by atoms with Crippen LogP contribution in [0.15, 0.2) is 112 Å². The predicted molar refractivity (Wildman–Crippen MR) is 261 cm³/mol. The van der Waals surface area contributed by atoms with Gasteiger partial charge in [0.25, 0.3) is 5.56 Å². The number of H-pyrrole nitrogens is 1. The molecule has 3 aromatic carbocycles. The summed E-state index contributed by atoms with van der Waals surface area (Å²) in [6, 6.07) is 27.7. The monoisotopic (exact) mass is 1000 g/mol. The second kappa shape index (κ2) is 21.7. The molecule has 0 spiro atoms. The molecule has 7 rings (SSSR count). The molecule has 2 saturated heterocycles.